The Bertz CT molecular complexity index is 387. The number of benzene rings is 1. The molecule has 106 valence electrons. The normalized spacial score (nSPS) is 11.1. The van der Waals surface area contributed by atoms with Crippen LogP contribution in [0.3, 0.4) is 0 Å². The van der Waals surface area contributed by atoms with Crippen molar-refractivity contribution in [3.8, 4) is 0 Å². The van der Waals surface area contributed by atoms with Crippen molar-refractivity contribution in [1.82, 2.24) is 4.90 Å². The zero-order valence-corrected chi connectivity index (χ0v) is 12.1. The van der Waals surface area contributed by atoms with Gasteiger partial charge in [-0.2, -0.15) is 0 Å². The van der Waals surface area contributed by atoms with Crippen molar-refractivity contribution in [2.45, 2.75) is 33.2 Å². The molecule has 19 heavy (non-hydrogen) atoms. The Morgan fingerprint density at radius 3 is 2.47 bits per heavy atom. The van der Waals surface area contributed by atoms with Crippen LogP contribution in [-0.2, 0) is 4.79 Å². The third-order valence-electron chi connectivity index (χ3n) is 3.06. The van der Waals surface area contributed by atoms with Crippen LogP contribution in [-0.4, -0.2) is 36.5 Å². The molecule has 0 radical (unpaired) electrons. The molecule has 0 saturated carbocycles. The fourth-order valence-electron chi connectivity index (χ4n) is 1.84. The Kier molecular flexibility index (Phi) is 6.53. The van der Waals surface area contributed by atoms with E-state index in [0.717, 1.165) is 18.7 Å². The van der Waals surface area contributed by atoms with Crippen LogP contribution < -0.4 is 11.1 Å². The van der Waals surface area contributed by atoms with Crippen molar-refractivity contribution in [3.63, 3.8) is 0 Å². The van der Waals surface area contributed by atoms with Gasteiger partial charge in [-0.15, -0.1) is 0 Å². The minimum atomic E-state index is 0.0228. The molecular weight excluding hydrogens is 238 g/mol. The second-order valence-electron chi connectivity index (χ2n) is 5.12. The lowest BCUT2D eigenvalue weighted by Gasteiger charge is -2.25. The topological polar surface area (TPSA) is 58.4 Å². The number of nitrogens with one attached hydrogen (secondary N) is 1. The highest BCUT2D eigenvalue weighted by molar-refractivity contribution is 5.92. The maximum absolute atomic E-state index is 12.0. The van der Waals surface area contributed by atoms with E-state index in [2.05, 4.69) is 24.1 Å². The lowest BCUT2D eigenvalue weighted by Crippen LogP contribution is -2.39. The van der Waals surface area contributed by atoms with E-state index in [4.69, 9.17) is 5.73 Å². The maximum Gasteiger partial charge on any atom is 0.238 e. The lowest BCUT2D eigenvalue weighted by molar-refractivity contribution is -0.117. The molecular formula is C15H25N3O. The van der Waals surface area contributed by atoms with Gasteiger partial charge in [-0.1, -0.05) is 17.7 Å². The van der Waals surface area contributed by atoms with Crippen LogP contribution in [0.5, 0.6) is 0 Å². The number of aryl methyl sites for hydroxylation is 1. The monoisotopic (exact) mass is 263 g/mol. The number of nitrogens with zero attached hydrogens (tertiary/aromatic N) is 1. The molecule has 0 bridgehead atoms. The van der Waals surface area contributed by atoms with Crippen LogP contribution in [0.15, 0.2) is 24.3 Å². The maximum atomic E-state index is 12.0. The molecule has 1 rings (SSSR count). The molecule has 0 saturated heterocycles. The van der Waals surface area contributed by atoms with Gasteiger partial charge >= 0.3 is 0 Å². The van der Waals surface area contributed by atoms with E-state index >= 15 is 0 Å². The summed E-state index contributed by atoms with van der Waals surface area (Å²) in [5, 5.41) is 2.92. The molecule has 0 fully saturated rings. The molecule has 1 amide bonds. The van der Waals surface area contributed by atoms with Gasteiger partial charge in [0.1, 0.15) is 0 Å². The molecule has 4 heteroatoms. The molecule has 3 N–H and O–H groups in total. The van der Waals surface area contributed by atoms with Gasteiger partial charge in [0.2, 0.25) is 5.91 Å². The molecule has 4 nitrogen and oxygen atoms in total. The average molecular weight is 263 g/mol. The number of nitrogens with two attached hydrogens (primary N) is 1. The Morgan fingerprint density at radius 2 is 1.95 bits per heavy atom. The summed E-state index contributed by atoms with van der Waals surface area (Å²) in [6.45, 7) is 8.13. The zero-order valence-electron chi connectivity index (χ0n) is 12.1. The van der Waals surface area contributed by atoms with E-state index < -0.39 is 0 Å². The van der Waals surface area contributed by atoms with Crippen LogP contribution in [0.1, 0.15) is 25.8 Å². The van der Waals surface area contributed by atoms with Crippen LogP contribution in [0.2, 0.25) is 0 Å². The molecule has 0 atom stereocenters. The second-order valence-corrected chi connectivity index (χ2v) is 5.12. The fourth-order valence-corrected chi connectivity index (χ4v) is 1.84. The summed E-state index contributed by atoms with van der Waals surface area (Å²) < 4.78 is 0. The third kappa shape index (κ3) is 5.85. The average Bonchev–Trinajstić information content (AvgIpc) is 2.37. The van der Waals surface area contributed by atoms with Gasteiger partial charge < -0.3 is 11.1 Å². The van der Waals surface area contributed by atoms with E-state index in [-0.39, 0.29) is 5.91 Å². The van der Waals surface area contributed by atoms with E-state index in [9.17, 15) is 4.79 Å². The molecule has 0 heterocycles. The first-order chi connectivity index (χ1) is 9.02. The van der Waals surface area contributed by atoms with Gasteiger partial charge in [-0.05, 0) is 45.9 Å². The minimum absolute atomic E-state index is 0.0228. The summed E-state index contributed by atoms with van der Waals surface area (Å²) in [5.74, 6) is 0.0228. The van der Waals surface area contributed by atoms with Crippen LogP contribution >= 0.6 is 0 Å². The number of carbonyl (C=O) groups excluding carboxylic acids is 1. The van der Waals surface area contributed by atoms with Gasteiger partial charge in [0, 0.05) is 18.3 Å². The number of hydrogen-bond acceptors (Lipinski definition) is 3. The predicted molar refractivity (Wildman–Crippen MR) is 80.2 cm³/mol. The van der Waals surface area contributed by atoms with Crippen molar-refractivity contribution in [3.05, 3.63) is 29.8 Å². The van der Waals surface area contributed by atoms with Crippen molar-refractivity contribution in [2.75, 3.05) is 25.0 Å². The summed E-state index contributed by atoms with van der Waals surface area (Å²) >= 11 is 0. The molecule has 0 aromatic heterocycles. The highest BCUT2D eigenvalue weighted by atomic mass is 16.2. The molecule has 0 spiro atoms. The minimum Gasteiger partial charge on any atom is -0.330 e. The van der Waals surface area contributed by atoms with Gasteiger partial charge in [0.25, 0.3) is 0 Å². The highest BCUT2D eigenvalue weighted by Gasteiger charge is 2.13. The summed E-state index contributed by atoms with van der Waals surface area (Å²) in [6.07, 6.45) is 0.913. The Morgan fingerprint density at radius 1 is 1.32 bits per heavy atom. The first kappa shape index (κ1) is 15.7. The van der Waals surface area contributed by atoms with Crippen LogP contribution in [0.4, 0.5) is 5.69 Å². The third-order valence-corrected chi connectivity index (χ3v) is 3.06. The second kappa shape index (κ2) is 7.92. The molecule has 0 aliphatic heterocycles. The van der Waals surface area contributed by atoms with Crippen molar-refractivity contribution in [1.29, 1.82) is 0 Å². The number of amides is 1. The Labute approximate surface area is 116 Å². The smallest absolute Gasteiger partial charge is 0.238 e. The SMILES string of the molecule is Cc1ccc(NC(=O)CN(CCCN)C(C)C)cc1. The van der Waals surface area contributed by atoms with Crippen LogP contribution in [0.25, 0.3) is 0 Å². The summed E-state index contributed by atoms with van der Waals surface area (Å²) in [6, 6.07) is 8.17. The standard InChI is InChI=1S/C15H25N3O/c1-12(2)18(10-4-9-16)11-15(19)17-14-7-5-13(3)6-8-14/h5-8,12H,4,9-11,16H2,1-3H3,(H,17,19). The van der Waals surface area contributed by atoms with Gasteiger partial charge in [0.05, 0.1) is 6.54 Å². The van der Waals surface area contributed by atoms with Crippen molar-refractivity contribution < 1.29 is 4.79 Å². The van der Waals surface area contributed by atoms with E-state index in [1.807, 2.05) is 31.2 Å². The number of hydrogen-bond donors (Lipinski definition) is 2. The van der Waals surface area contributed by atoms with E-state index in [1.54, 1.807) is 0 Å². The number of anilines is 1. The van der Waals surface area contributed by atoms with E-state index in [1.165, 1.54) is 5.56 Å². The quantitative estimate of drug-likeness (QED) is 0.791. The number of carbonyl (C=O) groups is 1. The highest BCUT2D eigenvalue weighted by Crippen LogP contribution is 2.09. The zero-order chi connectivity index (χ0) is 14.3. The lowest BCUT2D eigenvalue weighted by atomic mass is 10.2. The van der Waals surface area contributed by atoms with Gasteiger partial charge in [0.15, 0.2) is 0 Å². The summed E-state index contributed by atoms with van der Waals surface area (Å²) in [7, 11) is 0. The summed E-state index contributed by atoms with van der Waals surface area (Å²) in [4.78, 5) is 14.1. The van der Waals surface area contributed by atoms with Crippen molar-refractivity contribution in [2.24, 2.45) is 5.73 Å². The van der Waals surface area contributed by atoms with Crippen molar-refractivity contribution >= 4 is 11.6 Å². The largest absolute Gasteiger partial charge is 0.330 e. The first-order valence-corrected chi connectivity index (χ1v) is 6.83. The first-order valence-electron chi connectivity index (χ1n) is 6.83. The Balaban J connectivity index is 2.50. The predicted octanol–water partition coefficient (Wildman–Crippen LogP) is 1.99. The molecule has 0 unspecified atom stereocenters. The molecule has 1 aromatic carbocycles. The van der Waals surface area contributed by atoms with Gasteiger partial charge in [-0.3, -0.25) is 9.69 Å². The number of rotatable bonds is 7. The fraction of sp³-hybridized carbons (Fsp3) is 0.533. The Hall–Kier alpha value is -1.39. The van der Waals surface area contributed by atoms with Crippen LogP contribution in [0, 0.1) is 6.92 Å². The molecule has 0 aliphatic carbocycles. The molecule has 1 aromatic rings. The van der Waals surface area contributed by atoms with E-state index in [0.29, 0.717) is 19.1 Å². The molecule has 0 aliphatic rings. The summed E-state index contributed by atoms with van der Waals surface area (Å²) in [5.41, 5.74) is 7.55. The van der Waals surface area contributed by atoms with Gasteiger partial charge in [-0.25, -0.2) is 0 Å².